The molecule has 0 unspecified atom stereocenters. The van der Waals surface area contributed by atoms with Crippen LogP contribution in [0.4, 0.5) is 0 Å². The van der Waals surface area contributed by atoms with Crippen molar-refractivity contribution in [2.75, 3.05) is 0 Å². The number of H-pyrrole nitrogens is 1. The SMILES string of the molecule is c1ccc(-c2cc(-c3cccs3)c[nH]2)cc1. The summed E-state index contributed by atoms with van der Waals surface area (Å²) in [7, 11) is 0. The first-order valence-corrected chi connectivity index (χ1v) is 6.09. The van der Waals surface area contributed by atoms with Crippen LogP contribution in [-0.4, -0.2) is 4.98 Å². The molecule has 1 nitrogen and oxygen atoms in total. The van der Waals surface area contributed by atoms with Crippen LogP contribution in [0.5, 0.6) is 0 Å². The highest BCUT2D eigenvalue weighted by Gasteiger charge is 2.03. The highest BCUT2D eigenvalue weighted by Crippen LogP contribution is 2.28. The topological polar surface area (TPSA) is 15.8 Å². The minimum Gasteiger partial charge on any atom is -0.361 e. The molecular weight excluding hydrogens is 214 g/mol. The summed E-state index contributed by atoms with van der Waals surface area (Å²) in [4.78, 5) is 4.62. The Morgan fingerprint density at radius 1 is 0.875 bits per heavy atom. The van der Waals surface area contributed by atoms with Gasteiger partial charge in [0.15, 0.2) is 0 Å². The molecule has 0 radical (unpaired) electrons. The van der Waals surface area contributed by atoms with Gasteiger partial charge in [-0.25, -0.2) is 0 Å². The first-order valence-electron chi connectivity index (χ1n) is 5.21. The van der Waals surface area contributed by atoms with Crippen molar-refractivity contribution in [3.63, 3.8) is 0 Å². The molecule has 2 heteroatoms. The Morgan fingerprint density at radius 2 is 1.75 bits per heavy atom. The Labute approximate surface area is 98.4 Å². The van der Waals surface area contributed by atoms with Gasteiger partial charge in [-0.1, -0.05) is 36.4 Å². The smallest absolute Gasteiger partial charge is 0.0460 e. The van der Waals surface area contributed by atoms with E-state index >= 15 is 0 Å². The van der Waals surface area contributed by atoms with Crippen LogP contribution in [0.2, 0.25) is 0 Å². The van der Waals surface area contributed by atoms with Gasteiger partial charge in [0.25, 0.3) is 0 Å². The maximum atomic E-state index is 3.32. The number of benzene rings is 1. The van der Waals surface area contributed by atoms with Gasteiger partial charge < -0.3 is 4.98 Å². The molecule has 2 heterocycles. The molecule has 2 aromatic heterocycles. The van der Waals surface area contributed by atoms with E-state index in [1.54, 1.807) is 11.3 Å². The number of aromatic nitrogens is 1. The summed E-state index contributed by atoms with van der Waals surface area (Å²) >= 11 is 1.76. The molecule has 0 amide bonds. The number of rotatable bonds is 2. The summed E-state index contributed by atoms with van der Waals surface area (Å²) in [6.07, 6.45) is 2.06. The first-order chi connectivity index (χ1) is 7.93. The Kier molecular flexibility index (Phi) is 2.35. The number of aromatic amines is 1. The molecular formula is C14H11NS. The van der Waals surface area contributed by atoms with E-state index in [9.17, 15) is 0 Å². The van der Waals surface area contributed by atoms with E-state index in [1.807, 2.05) is 6.07 Å². The molecule has 1 N–H and O–H groups in total. The van der Waals surface area contributed by atoms with Gasteiger partial charge in [-0.2, -0.15) is 0 Å². The summed E-state index contributed by atoms with van der Waals surface area (Å²) in [5, 5.41) is 2.10. The molecule has 0 atom stereocenters. The number of nitrogens with one attached hydrogen (secondary N) is 1. The standard InChI is InChI=1S/C14H11NS/c1-2-5-11(6-3-1)13-9-12(10-15-13)14-7-4-8-16-14/h1-10,15H. The van der Waals surface area contributed by atoms with Gasteiger partial charge in [0.1, 0.15) is 0 Å². The lowest BCUT2D eigenvalue weighted by molar-refractivity contribution is 1.40. The van der Waals surface area contributed by atoms with Gasteiger partial charge in [-0.3, -0.25) is 0 Å². The Morgan fingerprint density at radius 3 is 2.50 bits per heavy atom. The third-order valence-corrected chi connectivity index (χ3v) is 3.49. The van der Waals surface area contributed by atoms with E-state index in [0.29, 0.717) is 0 Å². The molecule has 0 aliphatic heterocycles. The maximum absolute atomic E-state index is 3.32. The van der Waals surface area contributed by atoms with Crippen LogP contribution in [0.15, 0.2) is 60.1 Å². The summed E-state index contributed by atoms with van der Waals surface area (Å²) in [6.45, 7) is 0. The fraction of sp³-hybridized carbons (Fsp3) is 0. The molecule has 0 aliphatic carbocycles. The molecule has 1 aromatic carbocycles. The van der Waals surface area contributed by atoms with Gasteiger partial charge in [0.05, 0.1) is 0 Å². The lowest BCUT2D eigenvalue weighted by Gasteiger charge is -1.95. The van der Waals surface area contributed by atoms with Crippen molar-refractivity contribution in [3.8, 4) is 21.7 Å². The van der Waals surface area contributed by atoms with Crippen LogP contribution in [0.1, 0.15) is 0 Å². The minimum atomic E-state index is 1.17. The van der Waals surface area contributed by atoms with Crippen LogP contribution in [0, 0.1) is 0 Å². The average molecular weight is 225 g/mol. The van der Waals surface area contributed by atoms with Crippen molar-refractivity contribution in [1.29, 1.82) is 0 Å². The van der Waals surface area contributed by atoms with E-state index in [2.05, 4.69) is 59.0 Å². The number of hydrogen-bond acceptors (Lipinski definition) is 1. The molecule has 0 saturated heterocycles. The summed E-state index contributed by atoms with van der Waals surface area (Å²) < 4.78 is 0. The monoisotopic (exact) mass is 225 g/mol. The lowest BCUT2D eigenvalue weighted by atomic mass is 10.1. The molecule has 3 aromatic rings. The zero-order chi connectivity index (χ0) is 10.8. The van der Waals surface area contributed by atoms with Crippen LogP contribution in [0.25, 0.3) is 21.7 Å². The van der Waals surface area contributed by atoms with E-state index in [4.69, 9.17) is 0 Å². The summed E-state index contributed by atoms with van der Waals surface area (Å²) in [6, 6.07) is 16.8. The Bertz CT molecular complexity index is 564. The van der Waals surface area contributed by atoms with Crippen LogP contribution < -0.4 is 0 Å². The molecule has 0 bridgehead atoms. The van der Waals surface area contributed by atoms with Crippen molar-refractivity contribution in [2.24, 2.45) is 0 Å². The molecule has 0 aliphatic rings. The van der Waals surface area contributed by atoms with Crippen molar-refractivity contribution in [1.82, 2.24) is 4.98 Å². The third-order valence-electron chi connectivity index (χ3n) is 2.57. The molecule has 0 saturated carbocycles. The van der Waals surface area contributed by atoms with Crippen LogP contribution in [0.3, 0.4) is 0 Å². The molecule has 16 heavy (non-hydrogen) atoms. The number of hydrogen-bond donors (Lipinski definition) is 1. The molecule has 0 fully saturated rings. The fourth-order valence-corrected chi connectivity index (χ4v) is 2.48. The maximum Gasteiger partial charge on any atom is 0.0460 e. The van der Waals surface area contributed by atoms with Crippen molar-refractivity contribution < 1.29 is 0 Å². The van der Waals surface area contributed by atoms with E-state index in [1.165, 1.54) is 21.7 Å². The van der Waals surface area contributed by atoms with Crippen LogP contribution >= 0.6 is 11.3 Å². The average Bonchev–Trinajstić information content (AvgIpc) is 3.01. The fourth-order valence-electron chi connectivity index (χ4n) is 1.76. The zero-order valence-corrected chi connectivity index (χ0v) is 9.50. The predicted octanol–water partition coefficient (Wildman–Crippen LogP) is 4.41. The van der Waals surface area contributed by atoms with Crippen molar-refractivity contribution >= 4 is 11.3 Å². The van der Waals surface area contributed by atoms with Crippen molar-refractivity contribution in [2.45, 2.75) is 0 Å². The van der Waals surface area contributed by atoms with E-state index in [0.717, 1.165) is 0 Å². The Hall–Kier alpha value is -1.80. The van der Waals surface area contributed by atoms with E-state index < -0.39 is 0 Å². The van der Waals surface area contributed by atoms with Gasteiger partial charge in [0, 0.05) is 22.3 Å². The largest absolute Gasteiger partial charge is 0.361 e. The third kappa shape index (κ3) is 1.68. The molecule has 3 rings (SSSR count). The zero-order valence-electron chi connectivity index (χ0n) is 8.68. The predicted molar refractivity (Wildman–Crippen MR) is 69.5 cm³/mol. The van der Waals surface area contributed by atoms with Crippen molar-refractivity contribution in [3.05, 3.63) is 60.1 Å². The van der Waals surface area contributed by atoms with Gasteiger partial charge in [0.2, 0.25) is 0 Å². The normalized spacial score (nSPS) is 10.5. The molecule has 0 spiro atoms. The second-order valence-electron chi connectivity index (χ2n) is 3.65. The summed E-state index contributed by atoms with van der Waals surface area (Å²) in [5.74, 6) is 0. The quantitative estimate of drug-likeness (QED) is 0.665. The lowest BCUT2D eigenvalue weighted by Crippen LogP contribution is -1.73. The molecule has 78 valence electrons. The summed E-state index contributed by atoms with van der Waals surface area (Å²) in [5.41, 5.74) is 3.66. The van der Waals surface area contributed by atoms with Gasteiger partial charge in [-0.15, -0.1) is 11.3 Å². The van der Waals surface area contributed by atoms with Gasteiger partial charge >= 0.3 is 0 Å². The van der Waals surface area contributed by atoms with E-state index in [-0.39, 0.29) is 0 Å². The highest BCUT2D eigenvalue weighted by atomic mass is 32.1. The second-order valence-corrected chi connectivity index (χ2v) is 4.59. The second kappa shape index (κ2) is 3.99. The van der Waals surface area contributed by atoms with Crippen LogP contribution in [-0.2, 0) is 0 Å². The first kappa shape index (κ1) is 9.43. The van der Waals surface area contributed by atoms with Gasteiger partial charge in [-0.05, 0) is 23.1 Å². The number of thiophene rings is 1. The minimum absolute atomic E-state index is 1.17. The highest BCUT2D eigenvalue weighted by molar-refractivity contribution is 7.13. The Balaban J connectivity index is 2.00.